The molecule has 5 heteroatoms. The predicted molar refractivity (Wildman–Crippen MR) is 107 cm³/mol. The van der Waals surface area contributed by atoms with Crippen LogP contribution in [0.2, 0.25) is 0 Å². The van der Waals surface area contributed by atoms with Crippen molar-refractivity contribution in [1.82, 2.24) is 10.3 Å². The standard InChI is InChI=1S/C22H29N3O2/c1-5-22(4)13-25(15-24-22)17-7-9-20(23-11-17)27-18-8-6-16-12-26-14-21(2,3)19(16)10-18/h6-11,24H,5,12-15H2,1-4H3/t22-/m1/s1. The average Bonchev–Trinajstić information content (AvgIpc) is 3.06. The van der Waals surface area contributed by atoms with E-state index in [1.807, 2.05) is 18.3 Å². The molecule has 0 radical (unpaired) electrons. The first-order valence-electron chi connectivity index (χ1n) is 9.74. The van der Waals surface area contributed by atoms with Gasteiger partial charge in [-0.1, -0.05) is 26.8 Å². The highest BCUT2D eigenvalue weighted by molar-refractivity contribution is 5.48. The Kier molecular flexibility index (Phi) is 4.60. The minimum atomic E-state index is -0.00107. The van der Waals surface area contributed by atoms with Crippen molar-refractivity contribution in [1.29, 1.82) is 0 Å². The number of aromatic nitrogens is 1. The van der Waals surface area contributed by atoms with Gasteiger partial charge in [0.05, 0.1) is 31.8 Å². The summed E-state index contributed by atoms with van der Waals surface area (Å²) in [6.07, 6.45) is 3.01. The third-order valence-corrected chi connectivity index (χ3v) is 5.86. The number of ether oxygens (including phenoxy) is 2. The van der Waals surface area contributed by atoms with Crippen molar-refractivity contribution in [2.24, 2.45) is 0 Å². The molecule has 0 bridgehead atoms. The van der Waals surface area contributed by atoms with E-state index >= 15 is 0 Å². The van der Waals surface area contributed by atoms with Crippen LogP contribution in [0.1, 0.15) is 45.2 Å². The number of fused-ring (bicyclic) bond motifs is 1. The molecule has 1 fully saturated rings. The van der Waals surface area contributed by atoms with Crippen molar-refractivity contribution in [3.05, 3.63) is 47.7 Å². The first-order chi connectivity index (χ1) is 12.9. The number of rotatable bonds is 4. The van der Waals surface area contributed by atoms with Gasteiger partial charge in [-0.3, -0.25) is 5.32 Å². The quantitative estimate of drug-likeness (QED) is 0.877. The number of benzene rings is 1. The Morgan fingerprint density at radius 1 is 1.22 bits per heavy atom. The van der Waals surface area contributed by atoms with Gasteiger partial charge < -0.3 is 14.4 Å². The molecule has 0 amide bonds. The minimum Gasteiger partial charge on any atom is -0.439 e. The van der Waals surface area contributed by atoms with E-state index in [2.05, 4.69) is 61.1 Å². The van der Waals surface area contributed by atoms with Gasteiger partial charge in [0, 0.05) is 23.6 Å². The first kappa shape index (κ1) is 18.3. The molecule has 2 aliphatic rings. The van der Waals surface area contributed by atoms with Crippen LogP contribution in [0.25, 0.3) is 0 Å². The molecule has 1 saturated heterocycles. The molecule has 1 N–H and O–H groups in total. The summed E-state index contributed by atoms with van der Waals surface area (Å²) in [5.41, 5.74) is 3.83. The molecule has 5 nitrogen and oxygen atoms in total. The molecule has 2 aliphatic heterocycles. The van der Waals surface area contributed by atoms with E-state index in [0.717, 1.165) is 37.7 Å². The fourth-order valence-electron chi connectivity index (χ4n) is 3.85. The lowest BCUT2D eigenvalue weighted by atomic mass is 9.81. The fourth-order valence-corrected chi connectivity index (χ4v) is 3.85. The fraction of sp³-hybridized carbons (Fsp3) is 0.500. The van der Waals surface area contributed by atoms with Crippen LogP contribution in [0.15, 0.2) is 36.5 Å². The molecular weight excluding hydrogens is 338 g/mol. The van der Waals surface area contributed by atoms with Crippen LogP contribution in [-0.2, 0) is 16.8 Å². The number of nitrogens with zero attached hydrogens (tertiary/aromatic N) is 2. The smallest absolute Gasteiger partial charge is 0.219 e. The van der Waals surface area contributed by atoms with Crippen LogP contribution < -0.4 is 15.0 Å². The van der Waals surface area contributed by atoms with E-state index in [9.17, 15) is 0 Å². The number of hydrogen-bond donors (Lipinski definition) is 1. The largest absolute Gasteiger partial charge is 0.439 e. The molecule has 1 aromatic heterocycles. The van der Waals surface area contributed by atoms with Gasteiger partial charge in [-0.25, -0.2) is 4.98 Å². The van der Waals surface area contributed by atoms with Crippen LogP contribution in [-0.4, -0.2) is 30.3 Å². The summed E-state index contributed by atoms with van der Waals surface area (Å²) in [4.78, 5) is 6.85. The van der Waals surface area contributed by atoms with E-state index in [1.165, 1.54) is 11.1 Å². The molecule has 27 heavy (non-hydrogen) atoms. The molecule has 0 spiro atoms. The zero-order chi connectivity index (χ0) is 19.1. The van der Waals surface area contributed by atoms with Crippen molar-refractivity contribution >= 4 is 5.69 Å². The van der Waals surface area contributed by atoms with Crippen LogP contribution in [0.4, 0.5) is 5.69 Å². The van der Waals surface area contributed by atoms with E-state index in [1.54, 1.807) is 0 Å². The van der Waals surface area contributed by atoms with Gasteiger partial charge in [0.25, 0.3) is 0 Å². The third-order valence-electron chi connectivity index (χ3n) is 5.86. The normalized spacial score (nSPS) is 23.9. The van der Waals surface area contributed by atoms with E-state index in [-0.39, 0.29) is 11.0 Å². The second-order valence-electron chi connectivity index (χ2n) is 8.60. The van der Waals surface area contributed by atoms with Crippen molar-refractivity contribution in [2.75, 3.05) is 24.7 Å². The Balaban J connectivity index is 1.48. The van der Waals surface area contributed by atoms with Crippen molar-refractivity contribution in [2.45, 2.75) is 51.7 Å². The number of nitrogens with one attached hydrogen (secondary N) is 1. The number of anilines is 1. The maximum absolute atomic E-state index is 6.03. The number of pyridine rings is 1. The lowest BCUT2D eigenvalue weighted by Crippen LogP contribution is -2.38. The lowest BCUT2D eigenvalue weighted by Gasteiger charge is -2.32. The summed E-state index contributed by atoms with van der Waals surface area (Å²) >= 11 is 0. The SMILES string of the molecule is CC[C@]1(C)CN(c2ccc(Oc3ccc4c(c3)C(C)(C)COC4)nc2)CN1. The van der Waals surface area contributed by atoms with Gasteiger partial charge in [-0.05, 0) is 42.7 Å². The molecule has 1 atom stereocenters. The molecule has 3 heterocycles. The van der Waals surface area contributed by atoms with Gasteiger partial charge >= 0.3 is 0 Å². The summed E-state index contributed by atoms with van der Waals surface area (Å²) in [5, 5.41) is 3.58. The molecule has 1 aromatic carbocycles. The topological polar surface area (TPSA) is 46.6 Å². The highest BCUT2D eigenvalue weighted by Gasteiger charge is 2.31. The Labute approximate surface area is 161 Å². The predicted octanol–water partition coefficient (Wildman–Crippen LogP) is 4.22. The minimum absolute atomic E-state index is 0.00107. The Morgan fingerprint density at radius 2 is 2.07 bits per heavy atom. The maximum Gasteiger partial charge on any atom is 0.219 e. The first-order valence-corrected chi connectivity index (χ1v) is 9.74. The number of hydrogen-bond acceptors (Lipinski definition) is 5. The lowest BCUT2D eigenvalue weighted by molar-refractivity contribution is 0.0641. The van der Waals surface area contributed by atoms with Crippen molar-refractivity contribution < 1.29 is 9.47 Å². The molecule has 144 valence electrons. The Morgan fingerprint density at radius 3 is 2.78 bits per heavy atom. The highest BCUT2D eigenvalue weighted by atomic mass is 16.5. The van der Waals surface area contributed by atoms with Crippen LogP contribution in [0.3, 0.4) is 0 Å². The summed E-state index contributed by atoms with van der Waals surface area (Å²) in [7, 11) is 0. The van der Waals surface area contributed by atoms with Crippen LogP contribution in [0, 0.1) is 0 Å². The molecule has 4 rings (SSSR count). The molecular formula is C22H29N3O2. The summed E-state index contributed by atoms with van der Waals surface area (Å²) in [6, 6.07) is 10.3. The van der Waals surface area contributed by atoms with Gasteiger partial charge in [-0.15, -0.1) is 0 Å². The van der Waals surface area contributed by atoms with E-state index in [0.29, 0.717) is 12.5 Å². The zero-order valence-corrected chi connectivity index (χ0v) is 16.7. The summed E-state index contributed by atoms with van der Waals surface area (Å²) in [6.45, 7) is 12.1. The molecule has 0 unspecified atom stereocenters. The van der Waals surface area contributed by atoms with E-state index in [4.69, 9.17) is 9.47 Å². The molecule has 0 aliphatic carbocycles. The summed E-state index contributed by atoms with van der Waals surface area (Å²) in [5.74, 6) is 1.44. The monoisotopic (exact) mass is 367 g/mol. The molecule has 0 saturated carbocycles. The highest BCUT2D eigenvalue weighted by Crippen LogP contribution is 2.35. The van der Waals surface area contributed by atoms with Gasteiger partial charge in [0.1, 0.15) is 5.75 Å². The van der Waals surface area contributed by atoms with Crippen LogP contribution >= 0.6 is 0 Å². The maximum atomic E-state index is 6.03. The Bertz CT molecular complexity index is 819. The van der Waals surface area contributed by atoms with Gasteiger partial charge in [0.2, 0.25) is 5.88 Å². The summed E-state index contributed by atoms with van der Waals surface area (Å²) < 4.78 is 11.7. The molecule has 2 aromatic rings. The third kappa shape index (κ3) is 3.66. The van der Waals surface area contributed by atoms with Crippen LogP contribution in [0.5, 0.6) is 11.6 Å². The zero-order valence-electron chi connectivity index (χ0n) is 16.7. The van der Waals surface area contributed by atoms with Crippen molar-refractivity contribution in [3.63, 3.8) is 0 Å². The van der Waals surface area contributed by atoms with Gasteiger partial charge in [0.15, 0.2) is 0 Å². The Hall–Kier alpha value is -2.11. The second kappa shape index (κ2) is 6.80. The second-order valence-corrected chi connectivity index (χ2v) is 8.60. The van der Waals surface area contributed by atoms with E-state index < -0.39 is 0 Å². The van der Waals surface area contributed by atoms with Gasteiger partial charge in [-0.2, -0.15) is 0 Å². The van der Waals surface area contributed by atoms with Crippen molar-refractivity contribution in [3.8, 4) is 11.6 Å². The average molecular weight is 367 g/mol.